The molecule has 4 amide bonds. The highest BCUT2D eigenvalue weighted by Crippen LogP contribution is 2.40. The molecular formula is C43H52N7O11P. The highest BCUT2D eigenvalue weighted by Gasteiger charge is 2.25. The molecule has 1 aliphatic heterocycles. The second-order valence-electron chi connectivity index (χ2n) is 15.6. The number of methoxy groups -OCH3 is 2. The SMILES string of the molecule is COc1cc2c(=O)n(CCN(C)C(=O)OCc3ccc(NC(=O)[C@H](CCCNC(=O)OC(C)(C)C)NC(=O)[C@@H](N)CP)cc3)c3c4cc5c(cc4ncc3c2cc1OC)OCO5. The van der Waals surface area contributed by atoms with Crippen molar-refractivity contribution in [1.29, 1.82) is 0 Å². The van der Waals surface area contributed by atoms with Crippen LogP contribution in [0.3, 0.4) is 0 Å². The van der Waals surface area contributed by atoms with E-state index >= 15 is 0 Å². The van der Waals surface area contributed by atoms with E-state index in [2.05, 4.69) is 25.2 Å². The number of fused-ring (bicyclic) bond motifs is 6. The Labute approximate surface area is 359 Å². The van der Waals surface area contributed by atoms with Crippen molar-refractivity contribution in [3.63, 3.8) is 0 Å². The average Bonchev–Trinajstić information content (AvgIpc) is 3.71. The number of nitrogens with two attached hydrogens (primary N) is 1. The third kappa shape index (κ3) is 10.5. The van der Waals surface area contributed by atoms with Crippen LogP contribution in [0.4, 0.5) is 15.3 Å². The van der Waals surface area contributed by atoms with Gasteiger partial charge in [0.05, 0.1) is 36.7 Å². The van der Waals surface area contributed by atoms with E-state index < -0.39 is 41.7 Å². The minimum atomic E-state index is -0.934. The molecule has 0 bridgehead atoms. The number of ether oxygens (including phenoxy) is 6. The third-order valence-corrected chi connectivity index (χ3v) is 10.5. The van der Waals surface area contributed by atoms with Gasteiger partial charge in [0.25, 0.3) is 5.56 Å². The summed E-state index contributed by atoms with van der Waals surface area (Å²) in [5.74, 6) is 0.969. The maximum atomic E-state index is 14.3. The quantitative estimate of drug-likeness (QED) is 0.0603. The van der Waals surface area contributed by atoms with Gasteiger partial charge in [0.1, 0.15) is 18.2 Å². The van der Waals surface area contributed by atoms with Crippen molar-refractivity contribution in [3.8, 4) is 23.0 Å². The maximum absolute atomic E-state index is 14.3. The van der Waals surface area contributed by atoms with Gasteiger partial charge in [-0.15, -0.1) is 9.24 Å². The minimum Gasteiger partial charge on any atom is -0.493 e. The maximum Gasteiger partial charge on any atom is 0.409 e. The summed E-state index contributed by atoms with van der Waals surface area (Å²) >= 11 is 0. The van der Waals surface area contributed by atoms with E-state index in [9.17, 15) is 24.0 Å². The second-order valence-corrected chi connectivity index (χ2v) is 16.1. The number of hydrogen-bond acceptors (Lipinski definition) is 13. The molecule has 0 saturated carbocycles. The summed E-state index contributed by atoms with van der Waals surface area (Å²) in [7, 11) is 7.00. The van der Waals surface area contributed by atoms with Gasteiger partial charge in [-0.05, 0) is 75.7 Å². The van der Waals surface area contributed by atoms with Crippen LogP contribution >= 0.6 is 9.24 Å². The van der Waals surface area contributed by atoms with Gasteiger partial charge in [-0.2, -0.15) is 0 Å². The van der Waals surface area contributed by atoms with Crippen LogP contribution in [-0.4, -0.2) is 103 Å². The fourth-order valence-electron chi connectivity index (χ4n) is 6.77. The fraction of sp³-hybridized carbons (Fsp3) is 0.395. The van der Waals surface area contributed by atoms with Crippen LogP contribution in [0.5, 0.6) is 23.0 Å². The fourth-order valence-corrected chi connectivity index (χ4v) is 6.98. The Hall–Kier alpha value is -6.39. The van der Waals surface area contributed by atoms with Crippen LogP contribution < -0.4 is 46.2 Å². The monoisotopic (exact) mass is 873 g/mol. The molecule has 3 heterocycles. The van der Waals surface area contributed by atoms with Gasteiger partial charge in [0.2, 0.25) is 18.6 Å². The molecule has 5 aromatic rings. The summed E-state index contributed by atoms with van der Waals surface area (Å²) in [6.07, 6.45) is 1.39. The van der Waals surface area contributed by atoms with Crippen LogP contribution in [0, 0.1) is 0 Å². The van der Waals surface area contributed by atoms with Crippen molar-refractivity contribution in [1.82, 2.24) is 25.1 Å². The first-order valence-corrected chi connectivity index (χ1v) is 20.7. The normalized spacial score (nSPS) is 13.0. The molecular weight excluding hydrogens is 821 g/mol. The van der Waals surface area contributed by atoms with Gasteiger partial charge in [0.15, 0.2) is 23.0 Å². The van der Waals surface area contributed by atoms with Crippen LogP contribution in [0.25, 0.3) is 32.6 Å². The summed E-state index contributed by atoms with van der Waals surface area (Å²) in [6, 6.07) is 11.9. The molecule has 330 valence electrons. The summed E-state index contributed by atoms with van der Waals surface area (Å²) in [6.45, 7) is 5.71. The zero-order valence-corrected chi connectivity index (χ0v) is 36.6. The number of benzene rings is 3. The zero-order chi connectivity index (χ0) is 44.7. The smallest absolute Gasteiger partial charge is 0.409 e. The van der Waals surface area contributed by atoms with Crippen LogP contribution in [0.1, 0.15) is 39.2 Å². The van der Waals surface area contributed by atoms with Crippen LogP contribution in [0.2, 0.25) is 0 Å². The van der Waals surface area contributed by atoms with Crippen molar-refractivity contribution >= 4 is 71.5 Å². The lowest BCUT2D eigenvalue weighted by atomic mass is 10.0. The zero-order valence-electron chi connectivity index (χ0n) is 35.5. The number of anilines is 1. The number of carbonyl (C=O) groups excluding carboxylic acids is 4. The van der Waals surface area contributed by atoms with Crippen LogP contribution in [-0.2, 0) is 32.2 Å². The Morgan fingerprint density at radius 1 is 0.952 bits per heavy atom. The summed E-state index contributed by atoms with van der Waals surface area (Å²) in [5.41, 5.74) is 7.21. The van der Waals surface area contributed by atoms with E-state index in [1.54, 1.807) is 87.1 Å². The first-order chi connectivity index (χ1) is 29.6. The minimum absolute atomic E-state index is 0.0685. The molecule has 1 unspecified atom stereocenters. The van der Waals surface area contributed by atoms with Gasteiger partial charge < -0.3 is 59.6 Å². The third-order valence-electron chi connectivity index (χ3n) is 10.0. The van der Waals surface area contributed by atoms with Gasteiger partial charge in [-0.3, -0.25) is 19.4 Å². The predicted octanol–water partition coefficient (Wildman–Crippen LogP) is 4.65. The number of amides is 4. The molecule has 0 aliphatic carbocycles. The summed E-state index contributed by atoms with van der Waals surface area (Å²) in [4.78, 5) is 71.6. The summed E-state index contributed by atoms with van der Waals surface area (Å²) in [5, 5.41) is 10.5. The number of nitrogens with zero attached hydrogens (tertiary/aromatic N) is 3. The van der Waals surface area contributed by atoms with Gasteiger partial charge >= 0.3 is 12.2 Å². The number of aromatic nitrogens is 2. The number of alkyl carbamates (subject to hydrolysis) is 1. The topological polar surface area (TPSA) is 224 Å². The molecule has 3 atom stereocenters. The standard InChI is InChI=1S/C43H52N7O11P/c1-43(2,3)61-41(54)45-13-7-8-31(48-38(51)30(44)22-62)39(52)47-25-11-9-24(10-12-25)21-58-42(55)49(4)14-15-50-37-28-18-35-36(60-23-59-35)19-32(28)46-20-29(37)26-16-33(56-5)34(57-6)17-27(26)40(50)53/h9-12,16-20,30-31H,7-8,13-15,21-23,44,62H2,1-6H3,(H,45,54)(H,47,52)(H,48,51)/t30-,31-/m0/s1. The number of carbonyl (C=O) groups is 4. The molecule has 0 saturated heterocycles. The van der Waals surface area contributed by atoms with E-state index in [0.717, 1.165) is 0 Å². The Morgan fingerprint density at radius 2 is 1.63 bits per heavy atom. The molecule has 1 aliphatic rings. The van der Waals surface area contributed by atoms with Gasteiger partial charge in [0, 0.05) is 60.8 Å². The molecule has 62 heavy (non-hydrogen) atoms. The first kappa shape index (κ1) is 45.1. The van der Waals surface area contributed by atoms with E-state index in [4.69, 9.17) is 39.1 Å². The highest BCUT2D eigenvalue weighted by atomic mass is 31.0. The van der Waals surface area contributed by atoms with Gasteiger partial charge in [-0.1, -0.05) is 12.1 Å². The lowest BCUT2D eigenvalue weighted by Crippen LogP contribution is -2.50. The number of rotatable bonds is 16. The molecule has 19 heteroatoms. The number of pyridine rings is 2. The average molecular weight is 874 g/mol. The summed E-state index contributed by atoms with van der Waals surface area (Å²) < 4.78 is 34.8. The predicted molar refractivity (Wildman–Crippen MR) is 236 cm³/mol. The van der Waals surface area contributed by atoms with Crippen LogP contribution in [0.15, 0.2) is 59.5 Å². The molecule has 2 aromatic heterocycles. The second kappa shape index (κ2) is 19.5. The molecule has 0 spiro atoms. The van der Waals surface area contributed by atoms with E-state index in [-0.39, 0.29) is 45.0 Å². The van der Waals surface area contributed by atoms with Crippen molar-refractivity contribution in [2.75, 3.05) is 52.6 Å². The Morgan fingerprint density at radius 3 is 2.29 bits per heavy atom. The highest BCUT2D eigenvalue weighted by molar-refractivity contribution is 7.16. The van der Waals surface area contributed by atoms with Crippen molar-refractivity contribution in [2.45, 2.75) is 64.4 Å². The Balaban J connectivity index is 1.11. The van der Waals surface area contributed by atoms with Gasteiger partial charge in [-0.25, -0.2) is 9.59 Å². The Bertz CT molecular complexity index is 2540. The number of hydrogen-bond donors (Lipinski definition) is 4. The lowest BCUT2D eigenvalue weighted by Gasteiger charge is -2.21. The van der Waals surface area contributed by atoms with E-state index in [0.29, 0.717) is 79.4 Å². The molecule has 3 aromatic carbocycles. The molecule has 5 N–H and O–H groups in total. The Kier molecular flexibility index (Phi) is 14.2. The van der Waals surface area contributed by atoms with Crippen molar-refractivity contribution < 1.29 is 47.6 Å². The number of likely N-dealkylation sites (N-methyl/N-ethyl adjacent to an activating group) is 1. The van der Waals surface area contributed by atoms with Crippen molar-refractivity contribution in [2.24, 2.45) is 5.73 Å². The number of nitrogens with one attached hydrogen (secondary N) is 3. The molecule has 6 rings (SSSR count). The molecule has 0 radical (unpaired) electrons. The van der Waals surface area contributed by atoms with Crippen molar-refractivity contribution in [3.05, 3.63) is 70.6 Å². The molecule has 0 fully saturated rings. The van der Waals surface area contributed by atoms with E-state index in [1.165, 1.54) is 19.1 Å². The largest absolute Gasteiger partial charge is 0.493 e. The molecule has 18 nitrogen and oxygen atoms in total. The first-order valence-electron chi connectivity index (χ1n) is 19.9. The lowest BCUT2D eigenvalue weighted by molar-refractivity contribution is -0.127. The van der Waals surface area contributed by atoms with E-state index in [1.807, 2.05) is 0 Å².